The number of hydrogen-bond acceptors (Lipinski definition) is 3. The number of ether oxygens (including phenoxy) is 1. The number of methoxy groups -OCH3 is 1. The minimum atomic E-state index is 0.361. The molecule has 5 heteroatoms. The summed E-state index contributed by atoms with van der Waals surface area (Å²) in [5.41, 5.74) is 8.11. The fourth-order valence-corrected chi connectivity index (χ4v) is 1.64. The fraction of sp³-hybridized carbons (Fsp3) is 1.00. The third-order valence-electron chi connectivity index (χ3n) is 2.38. The lowest BCUT2D eigenvalue weighted by atomic mass is 10.1. The third-order valence-corrected chi connectivity index (χ3v) is 2.38. The van der Waals surface area contributed by atoms with Gasteiger partial charge in [-0.25, -0.2) is 0 Å². The zero-order valence-corrected chi connectivity index (χ0v) is 8.02. The molecule has 0 aromatic rings. The highest BCUT2D eigenvalue weighted by Crippen LogP contribution is 2.11. The van der Waals surface area contributed by atoms with E-state index in [9.17, 15) is 0 Å². The average molecular weight is 184 g/mol. The van der Waals surface area contributed by atoms with Crippen LogP contribution in [0, 0.1) is 0 Å². The third kappa shape index (κ3) is 3.63. The second kappa shape index (κ2) is 5.80. The van der Waals surface area contributed by atoms with Crippen LogP contribution < -0.4 is 0 Å². The maximum Gasteiger partial charge on any atom is 0.0698 e. The first-order chi connectivity index (χ1) is 6.36. The van der Waals surface area contributed by atoms with Gasteiger partial charge in [-0.1, -0.05) is 5.11 Å². The topological polar surface area (TPSA) is 61.2 Å². The Morgan fingerprint density at radius 3 is 3.23 bits per heavy atom. The van der Waals surface area contributed by atoms with Crippen LogP contribution in [0.4, 0.5) is 0 Å². The molecule has 0 N–H and O–H groups in total. The molecule has 1 aliphatic heterocycles. The highest BCUT2D eigenvalue weighted by molar-refractivity contribution is 4.73. The molecule has 1 saturated heterocycles. The fourth-order valence-electron chi connectivity index (χ4n) is 1.64. The molecule has 74 valence electrons. The second-order valence-electron chi connectivity index (χ2n) is 3.26. The van der Waals surface area contributed by atoms with E-state index in [0.717, 1.165) is 26.1 Å². The lowest BCUT2D eigenvalue weighted by molar-refractivity contribution is 0.0326. The van der Waals surface area contributed by atoms with Crippen molar-refractivity contribution in [2.75, 3.05) is 33.3 Å². The number of piperidine rings is 1. The van der Waals surface area contributed by atoms with Crippen LogP contribution in [-0.4, -0.2) is 44.3 Å². The SMILES string of the molecule is CO[C@@H]1CCCN(CCN=[N+]=[N-])C1. The van der Waals surface area contributed by atoms with Gasteiger partial charge in [-0.05, 0) is 24.9 Å². The molecular formula is C8H16N4O. The van der Waals surface area contributed by atoms with Gasteiger partial charge in [0.25, 0.3) is 0 Å². The minimum absolute atomic E-state index is 0.361. The van der Waals surface area contributed by atoms with Crippen LogP contribution in [0.5, 0.6) is 0 Å². The Balaban J connectivity index is 2.21. The number of hydrogen-bond donors (Lipinski definition) is 0. The summed E-state index contributed by atoms with van der Waals surface area (Å²) >= 11 is 0. The summed E-state index contributed by atoms with van der Waals surface area (Å²) in [7, 11) is 1.75. The van der Waals surface area contributed by atoms with Gasteiger partial charge in [-0.2, -0.15) is 0 Å². The van der Waals surface area contributed by atoms with E-state index in [4.69, 9.17) is 10.3 Å². The molecule has 0 spiro atoms. The van der Waals surface area contributed by atoms with Gasteiger partial charge < -0.3 is 9.64 Å². The maximum atomic E-state index is 8.11. The quantitative estimate of drug-likeness (QED) is 0.376. The zero-order valence-electron chi connectivity index (χ0n) is 8.02. The molecule has 0 aliphatic carbocycles. The van der Waals surface area contributed by atoms with Gasteiger partial charge >= 0.3 is 0 Å². The van der Waals surface area contributed by atoms with Gasteiger partial charge in [0.15, 0.2) is 0 Å². The highest BCUT2D eigenvalue weighted by atomic mass is 16.5. The van der Waals surface area contributed by atoms with Gasteiger partial charge in [0.2, 0.25) is 0 Å². The Morgan fingerprint density at radius 1 is 1.69 bits per heavy atom. The minimum Gasteiger partial charge on any atom is -0.380 e. The first-order valence-electron chi connectivity index (χ1n) is 4.63. The van der Waals surface area contributed by atoms with Crippen LogP contribution in [0.2, 0.25) is 0 Å². The Hall–Kier alpha value is -0.770. The standard InChI is InChI=1S/C8H16N4O/c1-13-8-3-2-5-12(7-8)6-4-10-11-9/h8H,2-7H2,1H3/t8-/m1/s1. The molecular weight excluding hydrogens is 168 g/mol. The van der Waals surface area contributed by atoms with E-state index in [1.165, 1.54) is 6.42 Å². The van der Waals surface area contributed by atoms with Crippen molar-refractivity contribution in [2.45, 2.75) is 18.9 Å². The molecule has 1 rings (SSSR count). The molecule has 1 heterocycles. The molecule has 5 nitrogen and oxygen atoms in total. The molecule has 0 amide bonds. The van der Waals surface area contributed by atoms with Crippen molar-refractivity contribution in [2.24, 2.45) is 5.11 Å². The summed E-state index contributed by atoms with van der Waals surface area (Å²) in [5.74, 6) is 0. The van der Waals surface area contributed by atoms with Crippen LogP contribution in [0.1, 0.15) is 12.8 Å². The second-order valence-corrected chi connectivity index (χ2v) is 3.26. The van der Waals surface area contributed by atoms with Gasteiger partial charge in [0.1, 0.15) is 0 Å². The van der Waals surface area contributed by atoms with Crippen LogP contribution in [0.3, 0.4) is 0 Å². The smallest absolute Gasteiger partial charge is 0.0698 e. The normalized spacial score (nSPS) is 23.9. The summed E-state index contributed by atoms with van der Waals surface area (Å²) in [6, 6.07) is 0. The number of nitrogens with zero attached hydrogens (tertiary/aromatic N) is 4. The molecule has 0 radical (unpaired) electrons. The van der Waals surface area contributed by atoms with E-state index >= 15 is 0 Å². The van der Waals surface area contributed by atoms with Gasteiger partial charge in [-0.15, -0.1) is 0 Å². The predicted molar refractivity (Wildman–Crippen MR) is 50.5 cm³/mol. The first-order valence-corrected chi connectivity index (χ1v) is 4.63. The van der Waals surface area contributed by atoms with Crippen molar-refractivity contribution in [3.8, 4) is 0 Å². The van der Waals surface area contributed by atoms with Crippen LogP contribution in [-0.2, 0) is 4.74 Å². The molecule has 1 aliphatic rings. The lowest BCUT2D eigenvalue weighted by Crippen LogP contribution is -2.40. The summed E-state index contributed by atoms with van der Waals surface area (Å²) in [6.07, 6.45) is 2.68. The number of rotatable bonds is 4. The predicted octanol–water partition coefficient (Wildman–Crippen LogP) is 1.41. The van der Waals surface area contributed by atoms with Gasteiger partial charge in [-0.3, -0.25) is 0 Å². The summed E-state index contributed by atoms with van der Waals surface area (Å²) in [4.78, 5) is 5.01. The Kier molecular flexibility index (Phi) is 4.60. The molecule has 13 heavy (non-hydrogen) atoms. The van der Waals surface area contributed by atoms with Crippen molar-refractivity contribution in [1.29, 1.82) is 0 Å². The zero-order chi connectivity index (χ0) is 9.52. The Morgan fingerprint density at radius 2 is 2.54 bits per heavy atom. The molecule has 1 atom stereocenters. The van der Waals surface area contributed by atoms with Gasteiger partial charge in [0.05, 0.1) is 6.10 Å². The molecule has 0 aromatic heterocycles. The van der Waals surface area contributed by atoms with E-state index in [2.05, 4.69) is 14.9 Å². The van der Waals surface area contributed by atoms with Crippen molar-refractivity contribution < 1.29 is 4.74 Å². The van der Waals surface area contributed by atoms with Crippen molar-refractivity contribution in [1.82, 2.24) is 4.90 Å². The van der Waals surface area contributed by atoms with E-state index in [1.54, 1.807) is 7.11 Å². The van der Waals surface area contributed by atoms with Crippen LogP contribution in [0.15, 0.2) is 5.11 Å². The number of azide groups is 1. The lowest BCUT2D eigenvalue weighted by Gasteiger charge is -2.31. The monoisotopic (exact) mass is 184 g/mol. The van der Waals surface area contributed by atoms with E-state index in [0.29, 0.717) is 12.6 Å². The largest absolute Gasteiger partial charge is 0.380 e. The molecule has 1 fully saturated rings. The maximum absolute atomic E-state index is 8.11. The molecule has 0 bridgehead atoms. The summed E-state index contributed by atoms with van der Waals surface area (Å²) in [5, 5.41) is 3.51. The molecule has 0 aromatic carbocycles. The van der Waals surface area contributed by atoms with E-state index in [-0.39, 0.29) is 0 Å². The Labute approximate surface area is 78.3 Å². The number of likely N-dealkylation sites (tertiary alicyclic amines) is 1. The average Bonchev–Trinajstić information content (AvgIpc) is 2.19. The van der Waals surface area contributed by atoms with Crippen molar-refractivity contribution in [3.63, 3.8) is 0 Å². The first kappa shape index (κ1) is 10.3. The van der Waals surface area contributed by atoms with Crippen molar-refractivity contribution in [3.05, 3.63) is 10.4 Å². The summed E-state index contributed by atoms with van der Waals surface area (Å²) in [6.45, 7) is 3.48. The molecule has 0 saturated carbocycles. The molecule has 0 unspecified atom stereocenters. The van der Waals surface area contributed by atoms with Gasteiger partial charge in [0, 0.05) is 31.7 Å². The Bertz CT molecular complexity index is 191. The van der Waals surface area contributed by atoms with E-state index in [1.807, 2.05) is 0 Å². The van der Waals surface area contributed by atoms with Crippen molar-refractivity contribution >= 4 is 0 Å². The van der Waals surface area contributed by atoms with E-state index < -0.39 is 0 Å². The highest BCUT2D eigenvalue weighted by Gasteiger charge is 2.18. The van der Waals surface area contributed by atoms with Crippen LogP contribution >= 0.6 is 0 Å². The summed E-state index contributed by atoms with van der Waals surface area (Å²) < 4.78 is 5.28. The van der Waals surface area contributed by atoms with Crippen LogP contribution in [0.25, 0.3) is 10.4 Å².